The highest BCUT2D eigenvalue weighted by molar-refractivity contribution is 7.13. The van der Waals surface area contributed by atoms with Crippen molar-refractivity contribution in [2.45, 2.75) is 25.8 Å². The Morgan fingerprint density at radius 2 is 1.70 bits per heavy atom. The molecule has 0 spiro atoms. The van der Waals surface area contributed by atoms with Crippen LogP contribution in [0.1, 0.15) is 25.0 Å². The summed E-state index contributed by atoms with van der Waals surface area (Å²) in [5, 5.41) is 3.32. The van der Waals surface area contributed by atoms with Crippen LogP contribution in [0.5, 0.6) is 0 Å². The number of piperidine rings is 1. The number of carbonyl (C=O) groups excluding carboxylic acids is 1. The maximum Gasteiger partial charge on any atom is 0.236 e. The molecule has 4 rings (SSSR count). The molecule has 4 heterocycles. The SMILES string of the molecule is O=C(CN1CCOCC1)N1CCN(c2nc(CN3CCCCC3)cs2)CC1. The Morgan fingerprint density at radius 1 is 0.963 bits per heavy atom. The van der Waals surface area contributed by atoms with Gasteiger partial charge in [0.25, 0.3) is 0 Å². The number of hydrogen-bond donors (Lipinski definition) is 0. The van der Waals surface area contributed by atoms with Gasteiger partial charge in [-0.25, -0.2) is 4.98 Å². The molecule has 3 saturated heterocycles. The lowest BCUT2D eigenvalue weighted by atomic mass is 10.1. The van der Waals surface area contributed by atoms with Crippen LogP contribution in [0.25, 0.3) is 0 Å². The van der Waals surface area contributed by atoms with E-state index >= 15 is 0 Å². The number of amides is 1. The minimum Gasteiger partial charge on any atom is -0.379 e. The number of morpholine rings is 1. The highest BCUT2D eigenvalue weighted by Gasteiger charge is 2.25. The van der Waals surface area contributed by atoms with Crippen LogP contribution >= 0.6 is 11.3 Å². The third-order valence-electron chi connectivity index (χ3n) is 5.74. The molecule has 0 N–H and O–H groups in total. The number of hydrogen-bond acceptors (Lipinski definition) is 7. The highest BCUT2D eigenvalue weighted by atomic mass is 32.1. The van der Waals surface area contributed by atoms with Gasteiger partial charge in [-0.1, -0.05) is 6.42 Å². The van der Waals surface area contributed by atoms with Gasteiger partial charge in [0.15, 0.2) is 5.13 Å². The summed E-state index contributed by atoms with van der Waals surface area (Å²) in [6.07, 6.45) is 4.00. The first kappa shape index (κ1) is 19.1. The molecule has 0 unspecified atom stereocenters. The van der Waals surface area contributed by atoms with Gasteiger partial charge in [0, 0.05) is 51.2 Å². The molecule has 7 nitrogen and oxygen atoms in total. The molecule has 27 heavy (non-hydrogen) atoms. The molecule has 1 aromatic heterocycles. The fraction of sp³-hybridized carbons (Fsp3) is 0.789. The van der Waals surface area contributed by atoms with Crippen LogP contribution in [0.2, 0.25) is 0 Å². The first-order chi connectivity index (χ1) is 13.3. The fourth-order valence-corrected chi connectivity index (χ4v) is 4.93. The number of thiazole rings is 1. The highest BCUT2D eigenvalue weighted by Crippen LogP contribution is 2.23. The normalized spacial score (nSPS) is 23.0. The number of piperazine rings is 1. The van der Waals surface area contributed by atoms with Gasteiger partial charge < -0.3 is 14.5 Å². The van der Waals surface area contributed by atoms with Crippen molar-refractivity contribution in [2.24, 2.45) is 0 Å². The van der Waals surface area contributed by atoms with Gasteiger partial charge in [0.2, 0.25) is 5.91 Å². The van der Waals surface area contributed by atoms with Crippen molar-refractivity contribution >= 4 is 22.4 Å². The largest absolute Gasteiger partial charge is 0.379 e. The minimum absolute atomic E-state index is 0.251. The zero-order chi connectivity index (χ0) is 18.5. The lowest BCUT2D eigenvalue weighted by molar-refractivity contribution is -0.133. The summed E-state index contributed by atoms with van der Waals surface area (Å²) in [4.78, 5) is 26.5. The summed E-state index contributed by atoms with van der Waals surface area (Å²) in [6.45, 7) is 10.5. The Kier molecular flexibility index (Phi) is 6.60. The van der Waals surface area contributed by atoms with Crippen LogP contribution < -0.4 is 4.90 Å². The van der Waals surface area contributed by atoms with Crippen LogP contribution in [0.3, 0.4) is 0 Å². The smallest absolute Gasteiger partial charge is 0.236 e. The number of ether oxygens (including phenoxy) is 1. The second kappa shape index (κ2) is 9.32. The molecule has 0 atom stereocenters. The van der Waals surface area contributed by atoms with Crippen LogP contribution in [-0.2, 0) is 16.1 Å². The van der Waals surface area contributed by atoms with E-state index in [9.17, 15) is 4.79 Å². The fourth-order valence-electron chi connectivity index (χ4n) is 4.06. The molecule has 1 amide bonds. The third kappa shape index (κ3) is 5.19. The summed E-state index contributed by atoms with van der Waals surface area (Å²) in [5.74, 6) is 0.251. The van der Waals surface area contributed by atoms with E-state index in [-0.39, 0.29) is 5.91 Å². The summed E-state index contributed by atoms with van der Waals surface area (Å²) in [7, 11) is 0. The molecule has 0 radical (unpaired) electrons. The topological polar surface area (TPSA) is 52.2 Å². The number of nitrogens with zero attached hydrogens (tertiary/aromatic N) is 5. The number of rotatable bonds is 5. The second-order valence-electron chi connectivity index (χ2n) is 7.71. The zero-order valence-corrected chi connectivity index (χ0v) is 17.0. The summed E-state index contributed by atoms with van der Waals surface area (Å²) < 4.78 is 5.36. The molecule has 0 aromatic carbocycles. The van der Waals surface area contributed by atoms with E-state index in [4.69, 9.17) is 9.72 Å². The standard InChI is InChI=1S/C19H31N5O2S/c25-18(15-22-10-12-26-13-11-22)23-6-8-24(9-7-23)19-20-17(16-27-19)14-21-4-2-1-3-5-21/h16H,1-15H2. The van der Waals surface area contributed by atoms with Crippen molar-refractivity contribution in [1.82, 2.24) is 19.7 Å². The molecular formula is C19H31N5O2S. The Labute approximate surface area is 165 Å². The van der Waals surface area contributed by atoms with E-state index in [1.54, 1.807) is 11.3 Å². The van der Waals surface area contributed by atoms with Gasteiger partial charge in [-0.3, -0.25) is 14.6 Å². The number of likely N-dealkylation sites (tertiary alicyclic amines) is 1. The van der Waals surface area contributed by atoms with Crippen molar-refractivity contribution in [3.63, 3.8) is 0 Å². The van der Waals surface area contributed by atoms with E-state index in [2.05, 4.69) is 20.1 Å². The van der Waals surface area contributed by atoms with Crippen molar-refractivity contribution in [1.29, 1.82) is 0 Å². The first-order valence-electron chi connectivity index (χ1n) is 10.3. The number of anilines is 1. The molecular weight excluding hydrogens is 362 g/mol. The van der Waals surface area contributed by atoms with Crippen LogP contribution in [-0.4, -0.2) is 97.7 Å². The molecule has 8 heteroatoms. The van der Waals surface area contributed by atoms with Crippen LogP contribution in [0.15, 0.2) is 5.38 Å². The zero-order valence-electron chi connectivity index (χ0n) is 16.1. The first-order valence-corrected chi connectivity index (χ1v) is 11.2. The molecule has 3 aliphatic heterocycles. The Balaban J connectivity index is 1.23. The molecule has 0 saturated carbocycles. The van der Waals surface area contributed by atoms with Crippen molar-refractivity contribution in [3.05, 3.63) is 11.1 Å². The monoisotopic (exact) mass is 393 g/mol. The van der Waals surface area contributed by atoms with Crippen molar-refractivity contribution in [2.75, 3.05) is 77.0 Å². The van der Waals surface area contributed by atoms with E-state index < -0.39 is 0 Å². The average molecular weight is 394 g/mol. The van der Waals surface area contributed by atoms with Gasteiger partial charge in [0.05, 0.1) is 25.5 Å². The van der Waals surface area contributed by atoms with Gasteiger partial charge in [0.1, 0.15) is 0 Å². The van der Waals surface area contributed by atoms with Crippen molar-refractivity contribution < 1.29 is 9.53 Å². The van der Waals surface area contributed by atoms with Gasteiger partial charge in [-0.15, -0.1) is 11.3 Å². The van der Waals surface area contributed by atoms with Crippen molar-refractivity contribution in [3.8, 4) is 0 Å². The quantitative estimate of drug-likeness (QED) is 0.747. The molecule has 0 bridgehead atoms. The van der Waals surface area contributed by atoms with E-state index in [1.165, 1.54) is 38.0 Å². The van der Waals surface area contributed by atoms with E-state index in [0.29, 0.717) is 6.54 Å². The predicted octanol–water partition coefficient (Wildman–Crippen LogP) is 1.11. The second-order valence-corrected chi connectivity index (χ2v) is 8.55. The molecule has 1 aromatic rings. The number of aromatic nitrogens is 1. The molecule has 0 aliphatic carbocycles. The minimum atomic E-state index is 0.251. The molecule has 3 aliphatic rings. The van der Waals surface area contributed by atoms with Crippen LogP contribution in [0, 0.1) is 0 Å². The third-order valence-corrected chi connectivity index (χ3v) is 6.69. The maximum absolute atomic E-state index is 12.5. The summed E-state index contributed by atoms with van der Waals surface area (Å²) in [5.41, 5.74) is 1.20. The summed E-state index contributed by atoms with van der Waals surface area (Å²) in [6, 6.07) is 0. The molecule has 150 valence electrons. The van der Waals surface area contributed by atoms with E-state index in [1.807, 2.05) is 4.90 Å². The van der Waals surface area contributed by atoms with Crippen LogP contribution in [0.4, 0.5) is 5.13 Å². The Hall–Kier alpha value is -1.22. The van der Waals surface area contributed by atoms with Gasteiger partial charge in [-0.2, -0.15) is 0 Å². The number of carbonyl (C=O) groups is 1. The average Bonchev–Trinajstić information content (AvgIpc) is 3.18. The Morgan fingerprint density at radius 3 is 2.44 bits per heavy atom. The lowest BCUT2D eigenvalue weighted by Gasteiger charge is -2.36. The Bertz CT molecular complexity index is 605. The van der Waals surface area contributed by atoms with Gasteiger partial charge in [-0.05, 0) is 25.9 Å². The maximum atomic E-state index is 12.5. The van der Waals surface area contributed by atoms with Gasteiger partial charge >= 0.3 is 0 Å². The predicted molar refractivity (Wildman–Crippen MR) is 107 cm³/mol. The molecule has 3 fully saturated rings. The van der Waals surface area contributed by atoms with E-state index in [0.717, 1.165) is 64.2 Å². The summed E-state index contributed by atoms with van der Waals surface area (Å²) >= 11 is 1.75. The lowest BCUT2D eigenvalue weighted by Crippen LogP contribution is -2.52.